The highest BCUT2D eigenvalue weighted by Gasteiger charge is 2.30. The van der Waals surface area contributed by atoms with Crippen LogP contribution in [0.1, 0.15) is 17.5 Å². The number of carbonyl (C=O) groups excluding carboxylic acids is 2. The van der Waals surface area contributed by atoms with E-state index in [0.717, 1.165) is 24.3 Å². The molecular weight excluding hydrogens is 383 g/mol. The van der Waals surface area contributed by atoms with Crippen LogP contribution in [0.5, 0.6) is 0 Å². The van der Waals surface area contributed by atoms with Crippen LogP contribution < -0.4 is 10.6 Å². The highest BCUT2D eigenvalue weighted by molar-refractivity contribution is 5.81. The Morgan fingerprint density at radius 1 is 0.967 bits per heavy atom. The summed E-state index contributed by atoms with van der Waals surface area (Å²) in [6, 6.07) is 14.1. The number of piperazine rings is 1. The minimum absolute atomic E-state index is 0.0934. The van der Waals surface area contributed by atoms with E-state index in [1.807, 2.05) is 28.0 Å². The molecule has 0 aliphatic carbocycles. The number of nitrogens with two attached hydrogens (primary N) is 1. The Morgan fingerprint density at radius 2 is 1.63 bits per heavy atom. The fraction of sp³-hybridized carbons (Fsp3) is 0.391. The Balaban J connectivity index is 1.31. The molecule has 2 aliphatic rings. The number of benzene rings is 2. The van der Waals surface area contributed by atoms with Gasteiger partial charge in [-0.3, -0.25) is 14.5 Å². The lowest BCUT2D eigenvalue weighted by Gasteiger charge is -2.37. The number of hydrogen-bond acceptors (Lipinski definition) is 4. The van der Waals surface area contributed by atoms with Crippen molar-refractivity contribution in [3.63, 3.8) is 0 Å². The maximum absolute atomic E-state index is 13.1. The summed E-state index contributed by atoms with van der Waals surface area (Å²) in [6.07, 6.45) is 0.957. The van der Waals surface area contributed by atoms with Gasteiger partial charge in [0, 0.05) is 51.4 Å². The van der Waals surface area contributed by atoms with Crippen LogP contribution in [0.4, 0.5) is 10.1 Å². The minimum atomic E-state index is -0.372. The van der Waals surface area contributed by atoms with Gasteiger partial charge in [-0.05, 0) is 41.8 Å². The topological polar surface area (TPSA) is 69.9 Å². The molecule has 0 unspecified atom stereocenters. The Morgan fingerprint density at radius 3 is 2.30 bits per heavy atom. The van der Waals surface area contributed by atoms with E-state index in [0.29, 0.717) is 39.0 Å². The van der Waals surface area contributed by atoms with Crippen molar-refractivity contribution in [3.05, 3.63) is 65.5 Å². The molecule has 0 saturated carbocycles. The normalized spacial score (nSPS) is 19.4. The summed E-state index contributed by atoms with van der Waals surface area (Å²) in [7, 11) is 0. The average molecular weight is 410 g/mol. The third-order valence-electron chi connectivity index (χ3n) is 6.11. The summed E-state index contributed by atoms with van der Waals surface area (Å²) in [4.78, 5) is 30.8. The number of rotatable bonds is 5. The van der Waals surface area contributed by atoms with Gasteiger partial charge in [-0.1, -0.05) is 24.3 Å². The van der Waals surface area contributed by atoms with Crippen molar-refractivity contribution in [2.24, 2.45) is 5.73 Å². The number of fused-ring (bicyclic) bond motifs is 1. The van der Waals surface area contributed by atoms with E-state index in [1.165, 1.54) is 17.7 Å². The summed E-state index contributed by atoms with van der Waals surface area (Å²) in [6.45, 7) is 3.86. The second-order valence-corrected chi connectivity index (χ2v) is 7.96. The van der Waals surface area contributed by atoms with Crippen molar-refractivity contribution in [1.82, 2.24) is 9.80 Å². The SMILES string of the molecule is NC(=O)[C@@H]1Cc2ccccc2CN1CCC(=O)N1CCN(c2ccc(F)cc2)CC1. The van der Waals surface area contributed by atoms with Gasteiger partial charge in [-0.15, -0.1) is 0 Å². The minimum Gasteiger partial charge on any atom is -0.368 e. The zero-order chi connectivity index (χ0) is 21.1. The lowest BCUT2D eigenvalue weighted by Crippen LogP contribution is -2.51. The van der Waals surface area contributed by atoms with Crippen LogP contribution in [0.15, 0.2) is 48.5 Å². The van der Waals surface area contributed by atoms with Gasteiger partial charge < -0.3 is 15.5 Å². The van der Waals surface area contributed by atoms with Crippen LogP contribution in [0.2, 0.25) is 0 Å². The Labute approximate surface area is 176 Å². The second-order valence-electron chi connectivity index (χ2n) is 7.96. The molecule has 7 heteroatoms. The molecule has 30 heavy (non-hydrogen) atoms. The van der Waals surface area contributed by atoms with E-state index < -0.39 is 0 Å². The number of carbonyl (C=O) groups is 2. The summed E-state index contributed by atoms with van der Waals surface area (Å²) in [5.41, 5.74) is 8.95. The van der Waals surface area contributed by atoms with Gasteiger partial charge >= 0.3 is 0 Å². The number of primary amides is 1. The Kier molecular flexibility index (Phi) is 5.99. The molecule has 2 aromatic rings. The monoisotopic (exact) mass is 410 g/mol. The number of hydrogen-bond donors (Lipinski definition) is 1. The van der Waals surface area contributed by atoms with Gasteiger partial charge in [-0.25, -0.2) is 4.39 Å². The fourth-order valence-corrected chi connectivity index (χ4v) is 4.36. The smallest absolute Gasteiger partial charge is 0.235 e. The molecular formula is C23H27FN4O2. The third-order valence-corrected chi connectivity index (χ3v) is 6.11. The lowest BCUT2D eigenvalue weighted by molar-refractivity contribution is -0.133. The molecule has 0 radical (unpaired) electrons. The third kappa shape index (κ3) is 4.46. The maximum atomic E-state index is 13.1. The van der Waals surface area contributed by atoms with E-state index in [4.69, 9.17) is 5.73 Å². The quantitative estimate of drug-likeness (QED) is 0.816. The average Bonchev–Trinajstić information content (AvgIpc) is 2.77. The van der Waals surface area contributed by atoms with Crippen molar-refractivity contribution in [1.29, 1.82) is 0 Å². The second kappa shape index (κ2) is 8.83. The van der Waals surface area contributed by atoms with Gasteiger partial charge in [0.15, 0.2) is 0 Å². The fourth-order valence-electron chi connectivity index (χ4n) is 4.36. The van der Waals surface area contributed by atoms with Gasteiger partial charge in [0.2, 0.25) is 11.8 Å². The molecule has 6 nitrogen and oxygen atoms in total. The first kappa shape index (κ1) is 20.3. The van der Waals surface area contributed by atoms with E-state index >= 15 is 0 Å². The predicted molar refractivity (Wildman–Crippen MR) is 113 cm³/mol. The standard InChI is InChI=1S/C23H27FN4O2/c24-19-5-7-20(8-6-19)26-11-13-27(14-12-26)22(29)9-10-28-16-18-4-2-1-3-17(18)15-21(28)23(25)30/h1-8,21H,9-16H2,(H2,25,30)/t21-/m0/s1. The van der Waals surface area contributed by atoms with Crippen molar-refractivity contribution < 1.29 is 14.0 Å². The summed E-state index contributed by atoms with van der Waals surface area (Å²) >= 11 is 0. The molecule has 4 rings (SSSR count). The summed E-state index contributed by atoms with van der Waals surface area (Å²) in [5.74, 6) is -0.497. The number of amides is 2. The van der Waals surface area contributed by atoms with Crippen molar-refractivity contribution >= 4 is 17.5 Å². The van der Waals surface area contributed by atoms with Gasteiger partial charge in [0.25, 0.3) is 0 Å². The molecule has 2 N–H and O–H groups in total. The highest BCUT2D eigenvalue weighted by Crippen LogP contribution is 2.24. The number of anilines is 1. The summed E-state index contributed by atoms with van der Waals surface area (Å²) < 4.78 is 13.1. The molecule has 0 bridgehead atoms. The Hall–Kier alpha value is -2.93. The van der Waals surface area contributed by atoms with E-state index in [-0.39, 0.29) is 23.7 Å². The van der Waals surface area contributed by atoms with Crippen LogP contribution in [0.3, 0.4) is 0 Å². The molecule has 1 atom stereocenters. The van der Waals surface area contributed by atoms with Gasteiger partial charge in [0.05, 0.1) is 6.04 Å². The first-order chi connectivity index (χ1) is 14.5. The van der Waals surface area contributed by atoms with E-state index in [1.54, 1.807) is 12.1 Å². The van der Waals surface area contributed by atoms with E-state index in [2.05, 4.69) is 11.0 Å². The Bertz CT molecular complexity index is 910. The van der Waals surface area contributed by atoms with E-state index in [9.17, 15) is 14.0 Å². The molecule has 2 aromatic carbocycles. The molecule has 0 aromatic heterocycles. The molecule has 2 amide bonds. The number of nitrogens with zero attached hydrogens (tertiary/aromatic N) is 3. The summed E-state index contributed by atoms with van der Waals surface area (Å²) in [5, 5.41) is 0. The van der Waals surface area contributed by atoms with Crippen molar-refractivity contribution in [2.45, 2.75) is 25.4 Å². The highest BCUT2D eigenvalue weighted by atomic mass is 19.1. The van der Waals surface area contributed by atoms with Crippen molar-refractivity contribution in [2.75, 3.05) is 37.6 Å². The van der Waals surface area contributed by atoms with Gasteiger partial charge in [-0.2, -0.15) is 0 Å². The molecule has 2 aliphatic heterocycles. The number of halogens is 1. The predicted octanol–water partition coefficient (Wildman–Crippen LogP) is 1.78. The molecule has 158 valence electrons. The van der Waals surface area contributed by atoms with Crippen LogP contribution in [0.25, 0.3) is 0 Å². The molecule has 1 fully saturated rings. The largest absolute Gasteiger partial charge is 0.368 e. The van der Waals surface area contributed by atoms with Crippen LogP contribution in [0, 0.1) is 5.82 Å². The zero-order valence-electron chi connectivity index (χ0n) is 17.0. The van der Waals surface area contributed by atoms with Crippen molar-refractivity contribution in [3.8, 4) is 0 Å². The molecule has 1 saturated heterocycles. The zero-order valence-corrected chi connectivity index (χ0v) is 17.0. The van der Waals surface area contributed by atoms with Crippen LogP contribution >= 0.6 is 0 Å². The van der Waals surface area contributed by atoms with Crippen LogP contribution in [-0.2, 0) is 22.6 Å². The lowest BCUT2D eigenvalue weighted by atomic mass is 9.93. The van der Waals surface area contributed by atoms with Crippen LogP contribution in [-0.4, -0.2) is 60.4 Å². The van der Waals surface area contributed by atoms with Gasteiger partial charge in [0.1, 0.15) is 5.82 Å². The first-order valence-corrected chi connectivity index (χ1v) is 10.4. The molecule has 0 spiro atoms. The first-order valence-electron chi connectivity index (χ1n) is 10.4. The maximum Gasteiger partial charge on any atom is 0.235 e. The molecule has 2 heterocycles.